The molecule has 1 saturated carbocycles. The van der Waals surface area contributed by atoms with Crippen molar-refractivity contribution in [2.24, 2.45) is 0 Å². The quantitative estimate of drug-likeness (QED) is 0.687. The molecule has 0 N–H and O–H groups in total. The summed E-state index contributed by atoms with van der Waals surface area (Å²) in [5, 5.41) is 7.55. The van der Waals surface area contributed by atoms with Crippen molar-refractivity contribution in [1.82, 2.24) is 14.6 Å². The molecule has 0 spiro atoms. The molecule has 0 unspecified atom stereocenters. The SMILES string of the molecule is CCCc1cc(=O)n2nc(N(Cc3cccs3)C3CC3)sc2n1. The third kappa shape index (κ3) is 3.03. The van der Waals surface area contributed by atoms with E-state index in [-0.39, 0.29) is 5.56 Å². The fourth-order valence-electron chi connectivity index (χ4n) is 2.66. The van der Waals surface area contributed by atoms with Crippen LogP contribution in [0, 0.1) is 0 Å². The predicted molar refractivity (Wildman–Crippen MR) is 94.7 cm³/mol. The topological polar surface area (TPSA) is 50.5 Å². The summed E-state index contributed by atoms with van der Waals surface area (Å²) in [4.78, 5) is 21.2. The molecule has 0 saturated heterocycles. The molecule has 0 aromatic carbocycles. The van der Waals surface area contributed by atoms with E-state index in [4.69, 9.17) is 0 Å². The molecule has 5 nitrogen and oxygen atoms in total. The van der Waals surface area contributed by atoms with Gasteiger partial charge in [-0.2, -0.15) is 4.52 Å². The normalized spacial score (nSPS) is 14.5. The molecule has 3 aromatic rings. The van der Waals surface area contributed by atoms with Gasteiger partial charge in [0.05, 0.1) is 6.54 Å². The molecule has 23 heavy (non-hydrogen) atoms. The Kier molecular flexibility index (Phi) is 3.90. The Morgan fingerprint density at radius 1 is 1.43 bits per heavy atom. The number of anilines is 1. The first-order valence-corrected chi connectivity index (χ1v) is 9.63. The third-order valence-electron chi connectivity index (χ3n) is 3.93. The lowest BCUT2D eigenvalue weighted by Crippen LogP contribution is -2.25. The maximum Gasteiger partial charge on any atom is 0.275 e. The third-order valence-corrected chi connectivity index (χ3v) is 5.74. The zero-order valence-corrected chi connectivity index (χ0v) is 14.6. The zero-order valence-electron chi connectivity index (χ0n) is 12.9. The van der Waals surface area contributed by atoms with Crippen LogP contribution in [-0.2, 0) is 13.0 Å². The highest BCUT2D eigenvalue weighted by Crippen LogP contribution is 2.35. The Labute approximate surface area is 142 Å². The number of hydrogen-bond donors (Lipinski definition) is 0. The largest absolute Gasteiger partial charge is 0.339 e. The van der Waals surface area contributed by atoms with E-state index in [1.54, 1.807) is 17.4 Å². The van der Waals surface area contributed by atoms with Gasteiger partial charge in [-0.1, -0.05) is 30.7 Å². The van der Waals surface area contributed by atoms with E-state index in [1.165, 1.54) is 33.6 Å². The number of aromatic nitrogens is 3. The molecule has 1 aliphatic carbocycles. The fraction of sp³-hybridized carbons (Fsp3) is 0.438. The van der Waals surface area contributed by atoms with Gasteiger partial charge in [0.25, 0.3) is 5.56 Å². The Morgan fingerprint density at radius 3 is 3.00 bits per heavy atom. The molecule has 0 radical (unpaired) electrons. The van der Waals surface area contributed by atoms with E-state index in [0.29, 0.717) is 11.0 Å². The van der Waals surface area contributed by atoms with Gasteiger partial charge in [0, 0.05) is 22.7 Å². The van der Waals surface area contributed by atoms with Crippen molar-refractivity contribution in [2.45, 2.75) is 45.2 Å². The lowest BCUT2D eigenvalue weighted by molar-refractivity contribution is 0.769. The highest BCUT2D eigenvalue weighted by atomic mass is 32.1. The van der Waals surface area contributed by atoms with E-state index < -0.39 is 0 Å². The molecule has 1 fully saturated rings. The second-order valence-corrected chi connectivity index (χ2v) is 7.82. The lowest BCUT2D eigenvalue weighted by atomic mass is 10.2. The lowest BCUT2D eigenvalue weighted by Gasteiger charge is -2.19. The zero-order chi connectivity index (χ0) is 15.8. The van der Waals surface area contributed by atoms with Gasteiger partial charge in [-0.15, -0.1) is 16.4 Å². The Hall–Kier alpha value is -1.73. The van der Waals surface area contributed by atoms with Crippen LogP contribution in [0.1, 0.15) is 36.8 Å². The van der Waals surface area contributed by atoms with Crippen LogP contribution >= 0.6 is 22.7 Å². The van der Waals surface area contributed by atoms with Crippen LogP contribution in [0.25, 0.3) is 4.96 Å². The van der Waals surface area contributed by atoms with E-state index in [1.807, 2.05) is 0 Å². The summed E-state index contributed by atoms with van der Waals surface area (Å²) in [6.45, 7) is 2.95. The molecule has 4 rings (SSSR count). The van der Waals surface area contributed by atoms with Crippen LogP contribution in [0.4, 0.5) is 5.13 Å². The van der Waals surface area contributed by atoms with Crippen LogP contribution < -0.4 is 10.5 Å². The molecule has 7 heteroatoms. The molecule has 3 aromatic heterocycles. The van der Waals surface area contributed by atoms with E-state index >= 15 is 0 Å². The number of nitrogens with zero attached hydrogens (tertiary/aromatic N) is 4. The standard InChI is InChI=1S/C16H18N4OS2/c1-2-4-11-9-14(21)20-15(17-11)23-16(18-20)19(12-6-7-12)10-13-5-3-8-22-13/h3,5,8-9,12H,2,4,6-7,10H2,1H3. The molecular formula is C16H18N4OS2. The maximum absolute atomic E-state index is 12.3. The fourth-order valence-corrected chi connectivity index (χ4v) is 4.36. The number of aryl methyl sites for hydroxylation is 1. The van der Waals surface area contributed by atoms with Crippen molar-refractivity contribution in [3.05, 3.63) is 44.5 Å². The second kappa shape index (κ2) is 6.05. The minimum Gasteiger partial charge on any atom is -0.339 e. The molecule has 0 atom stereocenters. The van der Waals surface area contributed by atoms with Crippen molar-refractivity contribution < 1.29 is 0 Å². The van der Waals surface area contributed by atoms with Gasteiger partial charge >= 0.3 is 0 Å². The summed E-state index contributed by atoms with van der Waals surface area (Å²) in [6, 6.07) is 6.38. The Balaban J connectivity index is 1.71. The first-order valence-electron chi connectivity index (χ1n) is 7.93. The van der Waals surface area contributed by atoms with Crippen LogP contribution in [0.2, 0.25) is 0 Å². The van der Waals surface area contributed by atoms with Crippen LogP contribution in [-0.4, -0.2) is 20.6 Å². The highest BCUT2D eigenvalue weighted by molar-refractivity contribution is 7.20. The number of thiophene rings is 1. The summed E-state index contributed by atoms with van der Waals surface area (Å²) in [7, 11) is 0. The van der Waals surface area contributed by atoms with E-state index in [0.717, 1.165) is 30.2 Å². The monoisotopic (exact) mass is 346 g/mol. The molecular weight excluding hydrogens is 328 g/mol. The van der Waals surface area contributed by atoms with Gasteiger partial charge in [0.2, 0.25) is 10.1 Å². The summed E-state index contributed by atoms with van der Waals surface area (Å²) < 4.78 is 1.45. The molecule has 0 bridgehead atoms. The van der Waals surface area contributed by atoms with Crippen molar-refractivity contribution in [1.29, 1.82) is 0 Å². The van der Waals surface area contributed by atoms with Crippen molar-refractivity contribution in [3.8, 4) is 0 Å². The average molecular weight is 346 g/mol. The van der Waals surface area contributed by atoms with Crippen LogP contribution in [0.15, 0.2) is 28.4 Å². The maximum atomic E-state index is 12.3. The molecule has 1 aliphatic rings. The summed E-state index contributed by atoms with van der Waals surface area (Å²) in [5.74, 6) is 0. The van der Waals surface area contributed by atoms with Crippen LogP contribution in [0.3, 0.4) is 0 Å². The highest BCUT2D eigenvalue weighted by Gasteiger charge is 2.31. The predicted octanol–water partition coefficient (Wildman–Crippen LogP) is 3.33. The Bertz CT molecular complexity index is 864. The van der Waals surface area contributed by atoms with Crippen molar-refractivity contribution in [2.75, 3.05) is 4.90 Å². The average Bonchev–Trinajstić information content (AvgIpc) is 3.07. The number of fused-ring (bicyclic) bond motifs is 1. The first kappa shape index (κ1) is 14.8. The first-order chi connectivity index (χ1) is 11.2. The van der Waals surface area contributed by atoms with Gasteiger partial charge in [0.15, 0.2) is 0 Å². The minimum absolute atomic E-state index is 0.0761. The summed E-state index contributed by atoms with van der Waals surface area (Å²) in [6.07, 6.45) is 4.22. The number of hydrogen-bond acceptors (Lipinski definition) is 6. The van der Waals surface area contributed by atoms with E-state index in [2.05, 4.69) is 39.4 Å². The van der Waals surface area contributed by atoms with Gasteiger partial charge in [-0.3, -0.25) is 4.79 Å². The Morgan fingerprint density at radius 2 is 2.30 bits per heavy atom. The smallest absolute Gasteiger partial charge is 0.275 e. The summed E-state index contributed by atoms with van der Waals surface area (Å²) in [5.41, 5.74) is 0.789. The molecule has 0 aliphatic heterocycles. The summed E-state index contributed by atoms with van der Waals surface area (Å²) >= 11 is 3.28. The van der Waals surface area contributed by atoms with Crippen molar-refractivity contribution in [3.63, 3.8) is 0 Å². The minimum atomic E-state index is -0.0761. The van der Waals surface area contributed by atoms with Gasteiger partial charge in [-0.25, -0.2) is 4.98 Å². The van der Waals surface area contributed by atoms with Crippen molar-refractivity contribution >= 4 is 32.8 Å². The molecule has 120 valence electrons. The van der Waals surface area contributed by atoms with E-state index in [9.17, 15) is 4.79 Å². The number of rotatable bonds is 6. The van der Waals surface area contributed by atoms with Crippen LogP contribution in [0.5, 0.6) is 0 Å². The second-order valence-electron chi connectivity index (χ2n) is 5.85. The molecule has 0 amide bonds. The van der Waals surface area contributed by atoms with Gasteiger partial charge in [0.1, 0.15) is 0 Å². The molecule has 3 heterocycles. The van der Waals surface area contributed by atoms with Gasteiger partial charge in [-0.05, 0) is 30.7 Å². The van der Waals surface area contributed by atoms with Gasteiger partial charge < -0.3 is 4.90 Å².